The summed E-state index contributed by atoms with van der Waals surface area (Å²) in [6, 6.07) is 4.03. The van der Waals surface area contributed by atoms with Gasteiger partial charge in [-0.15, -0.1) is 0 Å². The van der Waals surface area contributed by atoms with E-state index in [4.69, 9.17) is 15.2 Å². The lowest BCUT2D eigenvalue weighted by Gasteiger charge is -2.38. The summed E-state index contributed by atoms with van der Waals surface area (Å²) in [6.07, 6.45) is 7.03. The Bertz CT molecular complexity index is 482. The number of benzene rings is 1. The molecular weight excluding hydrogens is 330 g/mol. The first-order chi connectivity index (χ1) is 10.1. The highest BCUT2D eigenvalue weighted by atomic mass is 79.9. The van der Waals surface area contributed by atoms with Crippen molar-refractivity contribution >= 4 is 15.9 Å². The van der Waals surface area contributed by atoms with Crippen LogP contribution in [0.1, 0.15) is 51.0 Å². The third-order valence-corrected chi connectivity index (χ3v) is 5.47. The standard InChI is InChI=1S/C17H26BrNO2/c1-4-5-12-8-10-17(19,11-9-12)13-6-7-14(20-2)15(18)16(13)21-3/h6-7,12H,4-5,8-11,19H2,1-3H3. The highest BCUT2D eigenvalue weighted by Gasteiger charge is 2.36. The molecule has 0 aliphatic heterocycles. The van der Waals surface area contributed by atoms with Crippen molar-refractivity contribution in [2.45, 2.75) is 51.0 Å². The van der Waals surface area contributed by atoms with Crippen molar-refractivity contribution in [3.8, 4) is 11.5 Å². The van der Waals surface area contributed by atoms with Gasteiger partial charge in [-0.3, -0.25) is 0 Å². The maximum Gasteiger partial charge on any atom is 0.141 e. The first kappa shape index (κ1) is 16.6. The smallest absolute Gasteiger partial charge is 0.141 e. The van der Waals surface area contributed by atoms with Crippen LogP contribution < -0.4 is 15.2 Å². The van der Waals surface area contributed by atoms with Gasteiger partial charge in [0.1, 0.15) is 16.0 Å². The Hall–Kier alpha value is -0.740. The van der Waals surface area contributed by atoms with E-state index in [2.05, 4.69) is 28.9 Å². The van der Waals surface area contributed by atoms with Crippen LogP contribution in [0.4, 0.5) is 0 Å². The lowest BCUT2D eigenvalue weighted by molar-refractivity contribution is 0.220. The van der Waals surface area contributed by atoms with Crippen molar-refractivity contribution in [2.24, 2.45) is 11.7 Å². The summed E-state index contributed by atoms with van der Waals surface area (Å²) in [5.74, 6) is 2.42. The monoisotopic (exact) mass is 355 g/mol. The van der Waals surface area contributed by atoms with Crippen LogP contribution in [-0.4, -0.2) is 14.2 Å². The number of halogens is 1. The van der Waals surface area contributed by atoms with Gasteiger partial charge in [0.05, 0.1) is 14.2 Å². The van der Waals surface area contributed by atoms with Gasteiger partial charge in [-0.25, -0.2) is 0 Å². The maximum absolute atomic E-state index is 6.73. The Kier molecular flexibility index (Phi) is 5.55. The summed E-state index contributed by atoms with van der Waals surface area (Å²) < 4.78 is 11.8. The van der Waals surface area contributed by atoms with Crippen molar-refractivity contribution in [1.29, 1.82) is 0 Å². The molecule has 0 aromatic heterocycles. The molecule has 118 valence electrons. The van der Waals surface area contributed by atoms with Crippen LogP contribution in [-0.2, 0) is 5.54 Å². The molecule has 0 heterocycles. The van der Waals surface area contributed by atoms with Gasteiger partial charge in [-0.05, 0) is 59.7 Å². The van der Waals surface area contributed by atoms with Crippen molar-refractivity contribution < 1.29 is 9.47 Å². The molecule has 0 amide bonds. The topological polar surface area (TPSA) is 44.5 Å². The van der Waals surface area contributed by atoms with Gasteiger partial charge in [0.2, 0.25) is 0 Å². The molecule has 0 bridgehead atoms. The molecule has 0 saturated heterocycles. The molecule has 1 aliphatic rings. The van der Waals surface area contributed by atoms with Crippen LogP contribution in [0.25, 0.3) is 0 Å². The van der Waals surface area contributed by atoms with Gasteiger partial charge in [0.15, 0.2) is 0 Å². The van der Waals surface area contributed by atoms with E-state index in [1.807, 2.05) is 6.07 Å². The molecule has 1 aromatic carbocycles. The Morgan fingerprint density at radius 3 is 2.43 bits per heavy atom. The molecule has 3 nitrogen and oxygen atoms in total. The number of rotatable bonds is 5. The Morgan fingerprint density at radius 2 is 1.90 bits per heavy atom. The maximum atomic E-state index is 6.73. The van der Waals surface area contributed by atoms with E-state index in [1.54, 1.807) is 14.2 Å². The second-order valence-electron chi connectivity index (χ2n) is 6.05. The van der Waals surface area contributed by atoms with Gasteiger partial charge in [0.25, 0.3) is 0 Å². The highest BCUT2D eigenvalue weighted by molar-refractivity contribution is 9.10. The molecule has 0 unspecified atom stereocenters. The minimum Gasteiger partial charge on any atom is -0.495 e. The number of ether oxygens (including phenoxy) is 2. The molecular formula is C17H26BrNO2. The number of hydrogen-bond acceptors (Lipinski definition) is 3. The largest absolute Gasteiger partial charge is 0.495 e. The first-order valence-corrected chi connectivity index (χ1v) is 8.55. The fraction of sp³-hybridized carbons (Fsp3) is 0.647. The second-order valence-corrected chi connectivity index (χ2v) is 6.84. The Morgan fingerprint density at radius 1 is 1.24 bits per heavy atom. The highest BCUT2D eigenvalue weighted by Crippen LogP contribution is 2.46. The third-order valence-electron chi connectivity index (χ3n) is 4.72. The molecule has 0 radical (unpaired) electrons. The number of hydrogen-bond donors (Lipinski definition) is 1. The van der Waals surface area contributed by atoms with E-state index < -0.39 is 0 Å². The molecule has 0 spiro atoms. The molecule has 1 aromatic rings. The zero-order valence-corrected chi connectivity index (χ0v) is 14.8. The predicted octanol–water partition coefficient (Wildman–Crippen LogP) is 4.61. The summed E-state index contributed by atoms with van der Waals surface area (Å²) in [5.41, 5.74) is 7.54. The Labute approximate surface area is 136 Å². The third kappa shape index (κ3) is 3.37. The second kappa shape index (κ2) is 7.01. The van der Waals surface area contributed by atoms with Crippen LogP contribution in [0.5, 0.6) is 11.5 Å². The number of methoxy groups -OCH3 is 2. The fourth-order valence-corrected chi connectivity index (χ4v) is 4.12. The SMILES string of the molecule is CCCC1CCC(N)(c2ccc(OC)c(Br)c2OC)CC1. The van der Waals surface area contributed by atoms with E-state index in [9.17, 15) is 0 Å². The lowest BCUT2D eigenvalue weighted by Crippen LogP contribution is -2.40. The number of nitrogens with two attached hydrogens (primary N) is 1. The normalized spacial score (nSPS) is 25.7. The van der Waals surface area contributed by atoms with Crippen LogP contribution in [0.15, 0.2) is 16.6 Å². The van der Waals surface area contributed by atoms with Crippen LogP contribution in [0, 0.1) is 5.92 Å². The molecule has 1 saturated carbocycles. The molecule has 4 heteroatoms. The molecule has 2 rings (SSSR count). The lowest BCUT2D eigenvalue weighted by atomic mass is 9.72. The minimum atomic E-state index is -0.287. The van der Waals surface area contributed by atoms with Crippen LogP contribution >= 0.6 is 15.9 Å². The molecule has 21 heavy (non-hydrogen) atoms. The van der Waals surface area contributed by atoms with Crippen molar-refractivity contribution in [3.05, 3.63) is 22.2 Å². The van der Waals surface area contributed by atoms with Gasteiger partial charge >= 0.3 is 0 Å². The van der Waals surface area contributed by atoms with Crippen LogP contribution in [0.2, 0.25) is 0 Å². The van der Waals surface area contributed by atoms with Crippen molar-refractivity contribution in [1.82, 2.24) is 0 Å². The summed E-state index contributed by atoms with van der Waals surface area (Å²) in [5, 5.41) is 0. The summed E-state index contributed by atoms with van der Waals surface area (Å²) in [6.45, 7) is 2.26. The fourth-order valence-electron chi connectivity index (χ4n) is 3.45. The van der Waals surface area contributed by atoms with E-state index in [-0.39, 0.29) is 5.54 Å². The zero-order valence-electron chi connectivity index (χ0n) is 13.2. The average molecular weight is 356 g/mol. The van der Waals surface area contributed by atoms with Gasteiger partial charge < -0.3 is 15.2 Å². The summed E-state index contributed by atoms with van der Waals surface area (Å²) in [7, 11) is 3.35. The molecule has 1 aliphatic carbocycles. The molecule has 2 N–H and O–H groups in total. The predicted molar refractivity (Wildman–Crippen MR) is 90.0 cm³/mol. The molecule has 0 atom stereocenters. The summed E-state index contributed by atoms with van der Waals surface area (Å²) >= 11 is 3.57. The van der Waals surface area contributed by atoms with E-state index in [1.165, 1.54) is 25.7 Å². The van der Waals surface area contributed by atoms with E-state index in [0.29, 0.717) is 0 Å². The van der Waals surface area contributed by atoms with Crippen molar-refractivity contribution in [3.63, 3.8) is 0 Å². The minimum absolute atomic E-state index is 0.287. The van der Waals surface area contributed by atoms with Crippen molar-refractivity contribution in [2.75, 3.05) is 14.2 Å². The average Bonchev–Trinajstić information content (AvgIpc) is 2.49. The van der Waals surface area contributed by atoms with E-state index >= 15 is 0 Å². The van der Waals surface area contributed by atoms with E-state index in [0.717, 1.165) is 40.3 Å². The Balaban J connectivity index is 2.27. The first-order valence-electron chi connectivity index (χ1n) is 7.75. The summed E-state index contributed by atoms with van der Waals surface area (Å²) in [4.78, 5) is 0. The molecule has 1 fully saturated rings. The zero-order chi connectivity index (χ0) is 15.5. The quantitative estimate of drug-likeness (QED) is 0.838. The van der Waals surface area contributed by atoms with Gasteiger partial charge in [0, 0.05) is 11.1 Å². The van der Waals surface area contributed by atoms with Crippen LogP contribution in [0.3, 0.4) is 0 Å². The van der Waals surface area contributed by atoms with Gasteiger partial charge in [-0.2, -0.15) is 0 Å². The van der Waals surface area contributed by atoms with Gasteiger partial charge in [-0.1, -0.05) is 19.8 Å².